The van der Waals surface area contributed by atoms with Crippen LogP contribution in [0.4, 0.5) is 0 Å². The fourth-order valence-electron chi connectivity index (χ4n) is 8.05. The largest absolute Gasteiger partial charge is 0.462 e. The average Bonchev–Trinajstić information content (AvgIpc) is 3.32. The summed E-state index contributed by atoms with van der Waals surface area (Å²) in [6.45, 7) is 7.64. The molecule has 0 N–H and O–H groups in total. The molecule has 5 heteroatoms. The van der Waals surface area contributed by atoms with Crippen LogP contribution in [0, 0.1) is 0 Å². The summed E-state index contributed by atoms with van der Waals surface area (Å²) in [7, 11) is 0. The Morgan fingerprint density at radius 2 is 0.727 bits per heavy atom. The molecule has 0 radical (unpaired) electrons. The molecule has 0 heterocycles. The molecule has 0 fully saturated rings. The molecule has 1 unspecified atom stereocenters. The first-order valence-corrected chi connectivity index (χ1v) is 28.5. The van der Waals surface area contributed by atoms with Crippen molar-refractivity contribution in [1.82, 2.24) is 0 Å². The van der Waals surface area contributed by atoms with Gasteiger partial charge >= 0.3 is 11.9 Å². The van der Waals surface area contributed by atoms with Gasteiger partial charge in [-0.3, -0.25) is 9.59 Å². The van der Waals surface area contributed by atoms with E-state index in [0.717, 1.165) is 64.2 Å². The number of carbonyl (C=O) groups excluding carboxylic acids is 2. The minimum Gasteiger partial charge on any atom is -0.462 e. The third-order valence-corrected chi connectivity index (χ3v) is 12.3. The van der Waals surface area contributed by atoms with Crippen LogP contribution >= 0.6 is 0 Å². The Morgan fingerprint density at radius 3 is 1.15 bits per heavy atom. The van der Waals surface area contributed by atoms with E-state index < -0.39 is 6.10 Å². The highest BCUT2D eigenvalue weighted by Crippen LogP contribution is 2.15. The predicted octanol–water partition coefficient (Wildman–Crippen LogP) is 19.5. The van der Waals surface area contributed by atoms with Crippen molar-refractivity contribution in [2.45, 2.75) is 284 Å². The van der Waals surface area contributed by atoms with Crippen molar-refractivity contribution in [2.24, 2.45) is 0 Å². The summed E-state index contributed by atoms with van der Waals surface area (Å²) in [5.74, 6) is -0.535. The first kappa shape index (κ1) is 63.3. The minimum atomic E-state index is -0.591. The van der Waals surface area contributed by atoms with Crippen LogP contribution in [0.2, 0.25) is 0 Å². The lowest BCUT2D eigenvalue weighted by atomic mass is 10.0. The summed E-state index contributed by atoms with van der Waals surface area (Å²) >= 11 is 0. The molecule has 66 heavy (non-hydrogen) atoms. The standard InChI is InChI=1S/C61H108O5/c1-4-7-10-13-16-19-22-25-28-30-31-32-34-36-39-42-45-48-51-54-60(62)65-58-59(57-64-56-53-50-47-44-41-38-35-29-26-23-20-17-14-11-8-5-2)66-61(63)55-52-49-46-43-40-37-33-27-24-21-18-15-12-9-6-3/h9,12,18,21,25,27-28,33,40,43,49,52,59H,4-8,10-11,13-17,19-20,22-24,26,29-32,34-39,41-42,44-48,50-51,53-58H2,1-3H3/b12-9-,21-18-,28-25-,33-27-,43-40-,52-49-. The summed E-state index contributed by atoms with van der Waals surface area (Å²) in [5.41, 5.74) is 0. The van der Waals surface area contributed by atoms with Crippen LogP contribution in [0.3, 0.4) is 0 Å². The van der Waals surface area contributed by atoms with Crippen LogP contribution in [-0.2, 0) is 23.8 Å². The first-order valence-electron chi connectivity index (χ1n) is 28.5. The number of hydrogen-bond donors (Lipinski definition) is 0. The van der Waals surface area contributed by atoms with Gasteiger partial charge in [0.1, 0.15) is 6.61 Å². The number of rotatable bonds is 52. The molecule has 5 nitrogen and oxygen atoms in total. The van der Waals surface area contributed by atoms with E-state index in [1.165, 1.54) is 180 Å². The van der Waals surface area contributed by atoms with Crippen molar-refractivity contribution in [3.63, 3.8) is 0 Å². The van der Waals surface area contributed by atoms with Crippen molar-refractivity contribution in [3.05, 3.63) is 72.9 Å². The van der Waals surface area contributed by atoms with Crippen LogP contribution in [0.1, 0.15) is 278 Å². The highest BCUT2D eigenvalue weighted by atomic mass is 16.6. The quantitative estimate of drug-likeness (QED) is 0.0346. The summed E-state index contributed by atoms with van der Waals surface area (Å²) < 4.78 is 17.4. The van der Waals surface area contributed by atoms with E-state index in [1.54, 1.807) is 0 Å². The zero-order chi connectivity index (χ0) is 47.7. The van der Waals surface area contributed by atoms with E-state index in [0.29, 0.717) is 13.0 Å². The van der Waals surface area contributed by atoms with Gasteiger partial charge in [0, 0.05) is 13.0 Å². The summed E-state index contributed by atoms with van der Waals surface area (Å²) in [6.07, 6.45) is 73.8. The van der Waals surface area contributed by atoms with E-state index >= 15 is 0 Å². The molecule has 0 aliphatic rings. The van der Waals surface area contributed by atoms with Crippen LogP contribution in [0.25, 0.3) is 0 Å². The Hall–Kier alpha value is -2.66. The highest BCUT2D eigenvalue weighted by Gasteiger charge is 2.17. The van der Waals surface area contributed by atoms with Gasteiger partial charge in [0.05, 0.1) is 13.0 Å². The number of carbonyl (C=O) groups is 2. The van der Waals surface area contributed by atoms with Crippen molar-refractivity contribution in [3.8, 4) is 0 Å². The lowest BCUT2D eigenvalue weighted by molar-refractivity contribution is -0.162. The fraction of sp³-hybridized carbons (Fsp3) is 0.770. The molecule has 0 rings (SSSR count). The van der Waals surface area contributed by atoms with Crippen LogP contribution in [0.15, 0.2) is 72.9 Å². The molecular formula is C61H108O5. The molecule has 0 bridgehead atoms. The zero-order valence-corrected chi connectivity index (χ0v) is 44.0. The molecule has 0 amide bonds. The lowest BCUT2D eigenvalue weighted by Gasteiger charge is -2.18. The van der Waals surface area contributed by atoms with Crippen molar-refractivity contribution in [1.29, 1.82) is 0 Å². The zero-order valence-electron chi connectivity index (χ0n) is 44.0. The van der Waals surface area contributed by atoms with Crippen molar-refractivity contribution < 1.29 is 23.8 Å². The smallest absolute Gasteiger partial charge is 0.310 e. The van der Waals surface area contributed by atoms with Crippen LogP contribution < -0.4 is 0 Å². The van der Waals surface area contributed by atoms with Crippen LogP contribution in [-0.4, -0.2) is 37.9 Å². The maximum atomic E-state index is 12.8. The normalized spacial score (nSPS) is 12.7. The van der Waals surface area contributed by atoms with Gasteiger partial charge in [0.15, 0.2) is 6.10 Å². The van der Waals surface area contributed by atoms with E-state index in [4.69, 9.17) is 14.2 Å². The molecule has 0 spiro atoms. The SMILES string of the molecule is CC/C=C\C/C=C\C/C=C\C/C=C\C/C=C\CC(=O)OC(COCCCCCCCCCCCCCCCCCC)COC(=O)CCCCCCCCCCC/C=C\CCCCCCCC. The van der Waals surface area contributed by atoms with E-state index in [9.17, 15) is 9.59 Å². The summed E-state index contributed by atoms with van der Waals surface area (Å²) in [6, 6.07) is 0. The molecule has 0 aromatic rings. The van der Waals surface area contributed by atoms with Crippen molar-refractivity contribution >= 4 is 11.9 Å². The Balaban J connectivity index is 4.33. The molecule has 382 valence electrons. The molecule has 0 saturated carbocycles. The molecule has 0 saturated heterocycles. The molecule has 1 atom stereocenters. The second-order valence-corrected chi connectivity index (χ2v) is 18.8. The Kier molecular flexibility index (Phi) is 54.4. The maximum absolute atomic E-state index is 12.8. The number of esters is 2. The van der Waals surface area contributed by atoms with E-state index in [-0.39, 0.29) is 31.6 Å². The fourth-order valence-corrected chi connectivity index (χ4v) is 8.05. The van der Waals surface area contributed by atoms with Gasteiger partial charge < -0.3 is 14.2 Å². The number of ether oxygens (including phenoxy) is 3. The number of unbranched alkanes of at least 4 members (excludes halogenated alkanes) is 30. The van der Waals surface area contributed by atoms with Crippen LogP contribution in [0.5, 0.6) is 0 Å². The van der Waals surface area contributed by atoms with Gasteiger partial charge in [0.25, 0.3) is 0 Å². The van der Waals surface area contributed by atoms with Gasteiger partial charge in [-0.2, -0.15) is 0 Å². The second-order valence-electron chi connectivity index (χ2n) is 18.8. The van der Waals surface area contributed by atoms with E-state index in [1.807, 2.05) is 12.2 Å². The van der Waals surface area contributed by atoms with E-state index in [2.05, 4.69) is 81.5 Å². The number of hydrogen-bond acceptors (Lipinski definition) is 5. The Morgan fingerprint density at radius 1 is 0.364 bits per heavy atom. The molecule has 0 aromatic carbocycles. The molecule has 0 aliphatic carbocycles. The number of allylic oxidation sites excluding steroid dienone is 11. The third kappa shape index (κ3) is 54.0. The predicted molar refractivity (Wildman–Crippen MR) is 288 cm³/mol. The van der Waals surface area contributed by atoms with Gasteiger partial charge in [-0.25, -0.2) is 0 Å². The van der Waals surface area contributed by atoms with Gasteiger partial charge in [-0.15, -0.1) is 0 Å². The summed E-state index contributed by atoms with van der Waals surface area (Å²) in [4.78, 5) is 25.4. The molecule has 0 aliphatic heterocycles. The van der Waals surface area contributed by atoms with Gasteiger partial charge in [-0.1, -0.05) is 267 Å². The van der Waals surface area contributed by atoms with Crippen molar-refractivity contribution in [2.75, 3.05) is 19.8 Å². The third-order valence-electron chi connectivity index (χ3n) is 12.3. The minimum absolute atomic E-state index is 0.0457. The lowest BCUT2D eigenvalue weighted by Crippen LogP contribution is -2.29. The highest BCUT2D eigenvalue weighted by molar-refractivity contribution is 5.71. The van der Waals surface area contributed by atoms with Gasteiger partial charge in [-0.05, 0) is 70.6 Å². The maximum Gasteiger partial charge on any atom is 0.310 e. The Bertz CT molecular complexity index is 1180. The second kappa shape index (κ2) is 56.7. The average molecular weight is 922 g/mol. The summed E-state index contributed by atoms with van der Waals surface area (Å²) in [5, 5.41) is 0. The first-order chi connectivity index (χ1) is 32.6. The Labute approximate surface area is 410 Å². The monoisotopic (exact) mass is 921 g/mol. The molecule has 0 aromatic heterocycles. The topological polar surface area (TPSA) is 61.8 Å². The molecular weight excluding hydrogens is 813 g/mol. The van der Waals surface area contributed by atoms with Gasteiger partial charge in [0.2, 0.25) is 0 Å².